The summed E-state index contributed by atoms with van der Waals surface area (Å²) < 4.78 is 11.2. The fourth-order valence-corrected chi connectivity index (χ4v) is 4.88. The van der Waals surface area contributed by atoms with E-state index in [0.29, 0.717) is 18.9 Å². The van der Waals surface area contributed by atoms with Crippen LogP contribution in [0.15, 0.2) is 60.9 Å². The Morgan fingerprint density at radius 1 is 0.683 bits per heavy atom. The van der Waals surface area contributed by atoms with E-state index in [1.54, 1.807) is 0 Å². The molecule has 0 amide bonds. The number of rotatable bonds is 20. The number of aryl methyl sites for hydroxylation is 1. The summed E-state index contributed by atoms with van der Waals surface area (Å²) in [6, 6.07) is 16.5. The maximum absolute atomic E-state index is 11.9. The van der Waals surface area contributed by atoms with Crippen LogP contribution in [-0.4, -0.2) is 28.6 Å². The summed E-state index contributed by atoms with van der Waals surface area (Å²) in [6.07, 6.45) is 20.4. The molecule has 1 aromatic heterocycles. The van der Waals surface area contributed by atoms with Gasteiger partial charge in [-0.3, -0.25) is 4.79 Å². The van der Waals surface area contributed by atoms with Crippen LogP contribution in [0.25, 0.3) is 22.5 Å². The molecule has 0 fully saturated rings. The number of esters is 1. The minimum Gasteiger partial charge on any atom is -0.490 e. The van der Waals surface area contributed by atoms with E-state index in [4.69, 9.17) is 9.47 Å². The highest BCUT2D eigenvalue weighted by Gasteiger charge is 2.11. The van der Waals surface area contributed by atoms with E-state index < -0.39 is 0 Å². The average molecular weight is 559 g/mol. The minimum atomic E-state index is -0.288. The maximum Gasteiger partial charge on any atom is 0.306 e. The zero-order chi connectivity index (χ0) is 29.1. The van der Waals surface area contributed by atoms with Crippen molar-refractivity contribution in [2.75, 3.05) is 6.61 Å². The molecule has 5 heteroatoms. The Morgan fingerprint density at radius 2 is 1.24 bits per heavy atom. The van der Waals surface area contributed by atoms with Gasteiger partial charge in [-0.1, -0.05) is 102 Å². The highest BCUT2D eigenvalue weighted by molar-refractivity contribution is 5.69. The van der Waals surface area contributed by atoms with E-state index in [-0.39, 0.29) is 12.1 Å². The fourth-order valence-electron chi connectivity index (χ4n) is 4.88. The summed E-state index contributed by atoms with van der Waals surface area (Å²) in [7, 11) is 0. The van der Waals surface area contributed by atoms with Gasteiger partial charge in [0.1, 0.15) is 18.5 Å². The fraction of sp³-hybridized carbons (Fsp3) is 0.528. The van der Waals surface area contributed by atoms with Gasteiger partial charge in [-0.05, 0) is 61.6 Å². The molecule has 222 valence electrons. The number of carbonyl (C=O) groups excluding carboxylic acids is 1. The van der Waals surface area contributed by atoms with Crippen molar-refractivity contribution in [1.29, 1.82) is 0 Å². The first kappa shape index (κ1) is 32.3. The van der Waals surface area contributed by atoms with Gasteiger partial charge in [0.25, 0.3) is 0 Å². The van der Waals surface area contributed by atoms with E-state index in [2.05, 4.69) is 48.1 Å². The molecular weight excluding hydrogens is 508 g/mol. The molecule has 0 spiro atoms. The standard InChI is InChI=1S/C36H50N2O3/c1-4-6-8-9-10-11-12-13-15-16-30-18-20-31(21-19-30)33-26-37-36(38-27-33)32-22-24-34(25-23-32)40-28-29(3)41-35(39)17-14-7-5-2/h18-27,29H,4-17,28H2,1-3H3. The molecule has 1 unspecified atom stereocenters. The van der Waals surface area contributed by atoms with Crippen LogP contribution in [0.5, 0.6) is 5.75 Å². The predicted octanol–water partition coefficient (Wildman–Crippen LogP) is 9.77. The van der Waals surface area contributed by atoms with E-state index in [0.717, 1.165) is 48.1 Å². The summed E-state index contributed by atoms with van der Waals surface area (Å²) >= 11 is 0. The Kier molecular flexibility index (Phi) is 15.0. The first-order chi connectivity index (χ1) is 20.1. The topological polar surface area (TPSA) is 61.3 Å². The molecular formula is C36H50N2O3. The summed E-state index contributed by atoms with van der Waals surface area (Å²) in [6.45, 7) is 6.57. The molecule has 0 saturated carbocycles. The molecule has 3 aromatic rings. The molecule has 5 nitrogen and oxygen atoms in total. The van der Waals surface area contributed by atoms with Crippen molar-refractivity contribution in [2.24, 2.45) is 0 Å². The zero-order valence-corrected chi connectivity index (χ0v) is 25.6. The Bertz CT molecular complexity index is 1110. The van der Waals surface area contributed by atoms with Crippen molar-refractivity contribution in [1.82, 2.24) is 9.97 Å². The molecule has 0 radical (unpaired) electrons. The third-order valence-electron chi connectivity index (χ3n) is 7.42. The monoisotopic (exact) mass is 558 g/mol. The SMILES string of the molecule is CCCCCCCCCCCc1ccc(-c2cnc(-c3ccc(OCC(C)OC(=O)CCCCC)cc3)nc2)cc1. The van der Waals surface area contributed by atoms with Crippen LogP contribution in [0.2, 0.25) is 0 Å². The van der Waals surface area contributed by atoms with Gasteiger partial charge in [0, 0.05) is 29.9 Å². The molecule has 0 aliphatic heterocycles. The van der Waals surface area contributed by atoms with Crippen molar-refractivity contribution in [3.05, 3.63) is 66.5 Å². The number of hydrogen-bond acceptors (Lipinski definition) is 5. The number of carbonyl (C=O) groups is 1. The second-order valence-corrected chi connectivity index (χ2v) is 11.2. The van der Waals surface area contributed by atoms with Gasteiger partial charge >= 0.3 is 5.97 Å². The minimum absolute atomic E-state index is 0.157. The smallest absolute Gasteiger partial charge is 0.306 e. The molecule has 1 heterocycles. The molecule has 3 rings (SSSR count). The first-order valence-electron chi connectivity index (χ1n) is 15.9. The highest BCUT2D eigenvalue weighted by atomic mass is 16.6. The van der Waals surface area contributed by atoms with Crippen LogP contribution in [0.1, 0.15) is 110 Å². The zero-order valence-electron chi connectivity index (χ0n) is 25.6. The molecule has 0 N–H and O–H groups in total. The highest BCUT2D eigenvalue weighted by Crippen LogP contribution is 2.23. The number of unbranched alkanes of at least 4 members (excludes halogenated alkanes) is 10. The lowest BCUT2D eigenvalue weighted by atomic mass is 10.0. The van der Waals surface area contributed by atoms with Crippen LogP contribution < -0.4 is 4.74 Å². The lowest BCUT2D eigenvalue weighted by Crippen LogP contribution is -2.21. The van der Waals surface area contributed by atoms with E-state index >= 15 is 0 Å². The maximum atomic E-state index is 11.9. The van der Waals surface area contributed by atoms with Crippen molar-refractivity contribution < 1.29 is 14.3 Å². The molecule has 0 aliphatic rings. The van der Waals surface area contributed by atoms with Crippen LogP contribution >= 0.6 is 0 Å². The molecule has 1 atom stereocenters. The Balaban J connectivity index is 1.39. The molecule has 41 heavy (non-hydrogen) atoms. The third-order valence-corrected chi connectivity index (χ3v) is 7.42. The lowest BCUT2D eigenvalue weighted by Gasteiger charge is -2.14. The summed E-state index contributed by atoms with van der Waals surface area (Å²) in [4.78, 5) is 21.1. The van der Waals surface area contributed by atoms with Crippen LogP contribution in [0, 0.1) is 0 Å². The predicted molar refractivity (Wildman–Crippen MR) is 169 cm³/mol. The quantitative estimate of drug-likeness (QED) is 0.102. The molecule has 0 bridgehead atoms. The number of benzene rings is 2. The average Bonchev–Trinajstić information content (AvgIpc) is 3.00. The van der Waals surface area contributed by atoms with Crippen molar-refractivity contribution in [3.63, 3.8) is 0 Å². The van der Waals surface area contributed by atoms with Crippen LogP contribution in [0.4, 0.5) is 0 Å². The van der Waals surface area contributed by atoms with Gasteiger partial charge < -0.3 is 9.47 Å². The van der Waals surface area contributed by atoms with Crippen molar-refractivity contribution >= 4 is 5.97 Å². The van der Waals surface area contributed by atoms with Gasteiger partial charge in [0.15, 0.2) is 5.82 Å². The van der Waals surface area contributed by atoms with E-state index in [9.17, 15) is 4.79 Å². The van der Waals surface area contributed by atoms with Gasteiger partial charge in [-0.15, -0.1) is 0 Å². The van der Waals surface area contributed by atoms with Gasteiger partial charge in [-0.25, -0.2) is 9.97 Å². The summed E-state index contributed by atoms with van der Waals surface area (Å²) in [5, 5.41) is 0. The number of hydrogen-bond donors (Lipinski definition) is 0. The normalized spacial score (nSPS) is 11.8. The van der Waals surface area contributed by atoms with E-state index in [1.165, 1.54) is 63.4 Å². The van der Waals surface area contributed by atoms with E-state index in [1.807, 2.05) is 43.6 Å². The Labute approximate surface area is 248 Å². The van der Waals surface area contributed by atoms with Gasteiger partial charge in [-0.2, -0.15) is 0 Å². The number of aromatic nitrogens is 2. The Hall–Kier alpha value is -3.21. The second-order valence-electron chi connectivity index (χ2n) is 11.2. The second kappa shape index (κ2) is 19.0. The van der Waals surface area contributed by atoms with Gasteiger partial charge in [0.2, 0.25) is 0 Å². The third kappa shape index (κ3) is 12.5. The lowest BCUT2D eigenvalue weighted by molar-refractivity contribution is -0.149. The van der Waals surface area contributed by atoms with Crippen molar-refractivity contribution in [3.8, 4) is 28.3 Å². The molecule has 2 aromatic carbocycles. The largest absolute Gasteiger partial charge is 0.490 e. The number of ether oxygens (including phenoxy) is 2. The Morgan fingerprint density at radius 3 is 1.88 bits per heavy atom. The van der Waals surface area contributed by atoms with Gasteiger partial charge in [0.05, 0.1) is 0 Å². The van der Waals surface area contributed by atoms with Crippen molar-refractivity contribution in [2.45, 2.75) is 117 Å². The number of nitrogens with zero attached hydrogens (tertiary/aromatic N) is 2. The first-order valence-corrected chi connectivity index (χ1v) is 15.9. The summed E-state index contributed by atoms with van der Waals surface area (Å²) in [5.74, 6) is 1.24. The summed E-state index contributed by atoms with van der Waals surface area (Å²) in [5.41, 5.74) is 4.48. The van der Waals surface area contributed by atoms with Crippen LogP contribution in [-0.2, 0) is 16.0 Å². The van der Waals surface area contributed by atoms with Crippen LogP contribution in [0.3, 0.4) is 0 Å². The molecule has 0 saturated heterocycles. The molecule has 0 aliphatic carbocycles.